The van der Waals surface area contributed by atoms with Crippen LogP contribution in [0.4, 0.5) is 0 Å². The van der Waals surface area contributed by atoms with Crippen molar-refractivity contribution >= 4 is 71.6 Å². The molecule has 57 nitrogen and oxygen atoms in total. The van der Waals surface area contributed by atoms with Gasteiger partial charge in [-0.25, -0.2) is 57.5 Å². The van der Waals surface area contributed by atoms with E-state index in [1.54, 1.807) is 0 Å². The number of phenols is 32. The van der Waals surface area contributed by atoms with Crippen LogP contribution >= 0.6 is 0 Å². The van der Waals surface area contributed by atoms with Crippen molar-refractivity contribution in [3.05, 3.63) is 139 Å². The van der Waals surface area contributed by atoms with Gasteiger partial charge >= 0.3 is 71.6 Å². The molecular formula is C89H58O57. The number of ether oxygens (including phenoxy) is 11. The fraction of sp³-hybridized carbons (Fsp3) is 0.124. The molecule has 9 atom stereocenters. The van der Waals surface area contributed by atoms with Gasteiger partial charge in [-0.1, -0.05) is 0 Å². The summed E-state index contributed by atoms with van der Waals surface area (Å²) in [6.07, 6.45) is -29.0. The number of benzene rings is 11. The standard InChI is InChI=1S/C89H58O57/c90-24-1-14(2-25(91)49(24)100)80(126)139-35-12-136-81(127)15-3-26(92)50(101)59(110)37(15)38-16(4-27(93)51(102)60(38)111)84(130)141-72(35)75-74-47(46-48(89(135)143-74)45(67(118)69(120)68(46)119)43-20(87(133)144-75)8-31(97)55(106)64(43)115)44-21(9-32(98)56(107)65(44)116)83(129)140-36-13-137-82(128)22-11-34(138-71-23(78(122)123)10-33(99)57(108)70(71)121)58(109)66(117)42(22)41-17(5-28(94)54(105)63(41)114)85(131)142-73(36)76-77(79(124)125)146-88(134)19-7-30(96)53(104)62(113)40(19)39-18(86(132)145-76)6-29(95)52(103)61(39)112/h1-11,35-36,47,72-77,90-121H,12-13H2,(H,122,123)(H,124,125). The van der Waals surface area contributed by atoms with Gasteiger partial charge in [0.15, 0.2) is 175 Å². The van der Waals surface area contributed by atoms with Gasteiger partial charge in [-0.15, -0.1) is 0 Å². The molecule has 9 unspecified atom stereocenters. The molecule has 0 amide bonds. The zero-order valence-corrected chi connectivity index (χ0v) is 71.1. The highest BCUT2D eigenvalue weighted by molar-refractivity contribution is 6.15. The molecule has 57 heteroatoms. The van der Waals surface area contributed by atoms with Crippen molar-refractivity contribution in [1.82, 2.24) is 0 Å². The number of aromatic carboxylic acids is 1. The molecule has 756 valence electrons. The number of hydrogen-bond donors (Lipinski definition) is 34. The Bertz CT molecular complexity index is 7770. The van der Waals surface area contributed by atoms with Gasteiger partial charge in [0.25, 0.3) is 0 Å². The minimum Gasteiger partial charge on any atom is -0.504 e. The van der Waals surface area contributed by atoms with Crippen LogP contribution in [-0.2, 0) is 52.2 Å². The molecule has 0 aliphatic carbocycles. The Morgan fingerprint density at radius 3 is 0.938 bits per heavy atom. The van der Waals surface area contributed by atoms with E-state index in [1.165, 1.54) is 0 Å². The highest BCUT2D eigenvalue weighted by atomic mass is 16.7. The molecular weight excluding hydrogens is 1980 g/mol. The molecule has 0 fully saturated rings. The molecule has 0 radical (unpaired) electrons. The summed E-state index contributed by atoms with van der Waals surface area (Å²) in [6.45, 7) is -4.39. The highest BCUT2D eigenvalue weighted by Gasteiger charge is 2.59. The predicted molar refractivity (Wildman–Crippen MR) is 451 cm³/mol. The summed E-state index contributed by atoms with van der Waals surface area (Å²) in [6, 6.07) is 0.961. The van der Waals surface area contributed by atoms with E-state index in [0.29, 0.717) is 0 Å². The predicted octanol–water partition coefficient (Wildman–Crippen LogP) is 4.03. The van der Waals surface area contributed by atoms with E-state index in [4.69, 9.17) is 52.1 Å². The van der Waals surface area contributed by atoms with E-state index in [0.717, 1.165) is 0 Å². The SMILES string of the molecule is O=C(OC1COC(=O)c2cc(O)c(O)c(O)c2-c2c(cc(O)c(O)c2O)C(=O)OC1C1OC(=O)c2cc(O)c(O)c(O)c2-c2c(O)c(O)c(O)c3c2C(=O)OC1C3c1c(C(=O)OC2COC(=O)c3cc(Oc4c(C(=O)O)cc(O)c(O)c4O)c(O)c(O)c3-c3c(cc(O)c(O)c3O)C(=O)OC2C2OC(=O)c3cc(O)c(O)c(O)c3-c3c(cc(O)c(O)c3O)C(=O)OC2C(=O)O)cc(O)c(O)c1O)c1cc(O)c(O)c(O)c1. The summed E-state index contributed by atoms with van der Waals surface area (Å²) < 4.78 is 62.9. The minimum atomic E-state index is -3.78. The van der Waals surface area contributed by atoms with Crippen molar-refractivity contribution in [3.63, 3.8) is 0 Å². The average Bonchev–Trinajstić information content (AvgIpc) is 0.719. The van der Waals surface area contributed by atoms with Gasteiger partial charge in [0.05, 0.1) is 61.6 Å². The zero-order chi connectivity index (χ0) is 107. The van der Waals surface area contributed by atoms with Crippen LogP contribution in [0.25, 0.3) is 44.5 Å². The quantitative estimate of drug-likeness (QED) is 0.0494. The van der Waals surface area contributed by atoms with Crippen LogP contribution in [0.1, 0.15) is 131 Å². The van der Waals surface area contributed by atoms with Crippen molar-refractivity contribution in [2.24, 2.45) is 0 Å². The van der Waals surface area contributed by atoms with Gasteiger partial charge in [0.1, 0.15) is 18.8 Å². The Morgan fingerprint density at radius 1 is 0.247 bits per heavy atom. The molecule has 34 N–H and O–H groups in total. The summed E-state index contributed by atoms with van der Waals surface area (Å²) in [5, 5.41) is 388. The van der Waals surface area contributed by atoms with Crippen LogP contribution in [0.3, 0.4) is 0 Å². The summed E-state index contributed by atoms with van der Waals surface area (Å²) in [7, 11) is 0. The molecule has 5 heterocycles. The monoisotopic (exact) mass is 2040 g/mol. The Kier molecular flexibility index (Phi) is 23.3. The number of esters is 10. The molecule has 0 spiro atoms. The topological polar surface area (TPSA) is 994 Å². The van der Waals surface area contributed by atoms with Crippen LogP contribution in [-0.4, -0.2) is 307 Å². The minimum absolute atomic E-state index is 0.0331. The fourth-order valence-electron chi connectivity index (χ4n) is 16.6. The summed E-state index contributed by atoms with van der Waals surface area (Å²) in [5.74, 6) is -93.0. The highest BCUT2D eigenvalue weighted by Crippen LogP contribution is 2.64. The van der Waals surface area contributed by atoms with E-state index < -0.39 is 452 Å². The number of carboxylic acids is 2. The molecule has 16 rings (SSSR count). The smallest absolute Gasteiger partial charge is 0.349 e. The second kappa shape index (κ2) is 34.9. The van der Waals surface area contributed by atoms with Crippen molar-refractivity contribution < 1.29 is 283 Å². The first kappa shape index (κ1) is 97.5. The number of carboxylic acid groups (broad SMARTS) is 2. The second-order valence-corrected chi connectivity index (χ2v) is 31.7. The molecule has 0 saturated heterocycles. The first-order valence-corrected chi connectivity index (χ1v) is 40.1. The van der Waals surface area contributed by atoms with Gasteiger partial charge in [-0.2, -0.15) is 0 Å². The zero-order valence-electron chi connectivity index (χ0n) is 71.1. The number of phenolic OH excluding ortho intramolecular Hbond substituents is 32. The number of rotatable bonds is 11. The third-order valence-electron chi connectivity index (χ3n) is 23.4. The van der Waals surface area contributed by atoms with Crippen LogP contribution in [0, 0.1) is 0 Å². The number of cyclic esters (lactones) is 7. The van der Waals surface area contributed by atoms with Crippen molar-refractivity contribution in [2.75, 3.05) is 13.2 Å². The van der Waals surface area contributed by atoms with E-state index in [1.807, 2.05) is 0 Å². The van der Waals surface area contributed by atoms with E-state index in [2.05, 4.69) is 0 Å². The van der Waals surface area contributed by atoms with Gasteiger partial charge in [-0.3, -0.25) is 0 Å². The van der Waals surface area contributed by atoms with Crippen molar-refractivity contribution in [2.45, 2.75) is 54.7 Å². The Morgan fingerprint density at radius 2 is 0.541 bits per heavy atom. The number of aromatic hydroxyl groups is 32. The molecule has 2 bridgehead atoms. The first-order valence-electron chi connectivity index (χ1n) is 40.1. The molecule has 0 saturated carbocycles. The molecule has 5 aliphatic heterocycles. The van der Waals surface area contributed by atoms with Gasteiger partial charge in [0.2, 0.25) is 69.3 Å². The largest absolute Gasteiger partial charge is 0.504 e. The van der Waals surface area contributed by atoms with E-state index >= 15 is 38.4 Å². The van der Waals surface area contributed by atoms with Crippen molar-refractivity contribution in [3.8, 4) is 240 Å². The maximum absolute atomic E-state index is 16.8. The van der Waals surface area contributed by atoms with Gasteiger partial charge < -0.3 is 226 Å². The second-order valence-electron chi connectivity index (χ2n) is 31.7. The van der Waals surface area contributed by atoms with E-state index in [9.17, 15) is 193 Å². The lowest BCUT2D eigenvalue weighted by atomic mass is 9.73. The van der Waals surface area contributed by atoms with Crippen LogP contribution in [0.15, 0.2) is 66.7 Å². The lowest BCUT2D eigenvalue weighted by Crippen LogP contribution is -2.56. The Balaban J connectivity index is 0.981. The van der Waals surface area contributed by atoms with Crippen LogP contribution < -0.4 is 4.74 Å². The third kappa shape index (κ3) is 15.2. The average molecular weight is 2040 g/mol. The normalized spacial score (nSPS) is 18.5. The van der Waals surface area contributed by atoms with Gasteiger partial charge in [0, 0.05) is 67.8 Å². The molecule has 5 aliphatic rings. The maximum atomic E-state index is 16.8. The third-order valence-corrected chi connectivity index (χ3v) is 23.4. The number of aliphatic carboxylic acids is 1. The fourth-order valence-corrected chi connectivity index (χ4v) is 16.6. The van der Waals surface area contributed by atoms with Gasteiger partial charge in [-0.05, 0) is 54.6 Å². The number of carbonyl (C=O) groups is 12. The summed E-state index contributed by atoms with van der Waals surface area (Å²) >= 11 is 0. The molecule has 11 aromatic rings. The van der Waals surface area contributed by atoms with Crippen LogP contribution in [0.2, 0.25) is 0 Å². The van der Waals surface area contributed by atoms with Crippen molar-refractivity contribution in [1.29, 1.82) is 0 Å². The first-order chi connectivity index (χ1) is 68.5. The molecule has 11 aromatic carbocycles. The number of fused-ring (bicyclic) bond motifs is 13. The maximum Gasteiger partial charge on any atom is 0.349 e. The Hall–Kier alpha value is -21.5. The van der Waals surface area contributed by atoms with Crippen LogP contribution in [0.5, 0.6) is 195 Å². The number of hydrogen-bond acceptors (Lipinski definition) is 55. The number of carbonyl (C=O) groups excluding carboxylic acids is 10. The lowest BCUT2D eigenvalue weighted by Gasteiger charge is -2.43. The summed E-state index contributed by atoms with van der Waals surface area (Å²) in [4.78, 5) is 184. The molecule has 146 heavy (non-hydrogen) atoms. The summed E-state index contributed by atoms with van der Waals surface area (Å²) in [5.41, 5.74) is -34.3. The Labute approximate surface area is 799 Å². The van der Waals surface area contributed by atoms with E-state index in [-0.39, 0.29) is 66.7 Å². The lowest BCUT2D eigenvalue weighted by molar-refractivity contribution is -0.167. The molecule has 0 aromatic heterocycles.